The van der Waals surface area contributed by atoms with Crippen LogP contribution in [-0.2, 0) is 6.54 Å². The number of ether oxygens (including phenoxy) is 1. The Morgan fingerprint density at radius 1 is 0.844 bits per heavy atom. The molecule has 1 aromatic heterocycles. The summed E-state index contributed by atoms with van der Waals surface area (Å²) in [5.74, 6) is 0.132. The standard InChI is InChI=1S/C27H19FN2O2/c28-22-10-6-9-21(17-22)27(31)32-23-15-13-20(14-16-23)26-29-24-11-4-5-12-25(24)30(26)18-19-7-2-1-3-8-19/h1-17H,18H2. The zero-order chi connectivity index (χ0) is 21.9. The second-order valence-electron chi connectivity index (χ2n) is 7.42. The maximum atomic E-state index is 13.4. The number of fused-ring (bicyclic) bond motifs is 1. The van der Waals surface area contributed by atoms with E-state index in [1.165, 1.54) is 23.8 Å². The molecule has 0 aliphatic rings. The number of nitrogens with zero attached hydrogens (tertiary/aromatic N) is 2. The van der Waals surface area contributed by atoms with Crippen molar-refractivity contribution in [3.63, 3.8) is 0 Å². The monoisotopic (exact) mass is 422 g/mol. The number of esters is 1. The van der Waals surface area contributed by atoms with E-state index in [0.717, 1.165) is 28.5 Å². The van der Waals surface area contributed by atoms with Crippen molar-refractivity contribution in [3.05, 3.63) is 120 Å². The van der Waals surface area contributed by atoms with Crippen molar-refractivity contribution in [3.8, 4) is 17.1 Å². The van der Waals surface area contributed by atoms with Crippen LogP contribution < -0.4 is 4.74 Å². The Morgan fingerprint density at radius 3 is 2.38 bits per heavy atom. The summed E-state index contributed by atoms with van der Waals surface area (Å²) in [5, 5.41) is 0. The first-order valence-electron chi connectivity index (χ1n) is 10.2. The number of aromatic nitrogens is 2. The number of carbonyl (C=O) groups is 1. The lowest BCUT2D eigenvalue weighted by Gasteiger charge is -2.10. The average Bonchev–Trinajstić information content (AvgIpc) is 3.18. The molecule has 4 aromatic carbocycles. The fourth-order valence-electron chi connectivity index (χ4n) is 3.68. The highest BCUT2D eigenvalue weighted by atomic mass is 19.1. The molecule has 5 heteroatoms. The van der Waals surface area contributed by atoms with Gasteiger partial charge in [0.2, 0.25) is 0 Å². The Balaban J connectivity index is 1.45. The lowest BCUT2D eigenvalue weighted by molar-refractivity contribution is 0.0734. The van der Waals surface area contributed by atoms with Crippen LogP contribution in [0.2, 0.25) is 0 Å². The lowest BCUT2D eigenvalue weighted by atomic mass is 10.2. The van der Waals surface area contributed by atoms with E-state index in [1.54, 1.807) is 12.1 Å². The van der Waals surface area contributed by atoms with Crippen LogP contribution in [0.1, 0.15) is 15.9 Å². The van der Waals surface area contributed by atoms with E-state index in [1.807, 2.05) is 48.5 Å². The number of imidazole rings is 1. The van der Waals surface area contributed by atoms with Gasteiger partial charge < -0.3 is 9.30 Å². The summed E-state index contributed by atoms with van der Waals surface area (Å²) in [6.07, 6.45) is 0. The second-order valence-corrected chi connectivity index (χ2v) is 7.42. The molecule has 32 heavy (non-hydrogen) atoms. The van der Waals surface area contributed by atoms with Gasteiger partial charge in [0.05, 0.1) is 16.6 Å². The lowest BCUT2D eigenvalue weighted by Crippen LogP contribution is -2.08. The van der Waals surface area contributed by atoms with Crippen molar-refractivity contribution < 1.29 is 13.9 Å². The fraction of sp³-hybridized carbons (Fsp3) is 0.0370. The molecule has 0 saturated heterocycles. The van der Waals surface area contributed by atoms with Gasteiger partial charge in [-0.25, -0.2) is 14.2 Å². The van der Waals surface area contributed by atoms with Gasteiger partial charge in [0.25, 0.3) is 0 Å². The van der Waals surface area contributed by atoms with Crippen LogP contribution >= 0.6 is 0 Å². The van der Waals surface area contributed by atoms with Gasteiger partial charge in [-0.3, -0.25) is 0 Å². The van der Waals surface area contributed by atoms with E-state index in [2.05, 4.69) is 22.8 Å². The number of rotatable bonds is 5. The van der Waals surface area contributed by atoms with Crippen LogP contribution in [-0.4, -0.2) is 15.5 Å². The molecule has 5 aromatic rings. The molecule has 0 N–H and O–H groups in total. The topological polar surface area (TPSA) is 44.1 Å². The first-order chi connectivity index (χ1) is 15.7. The summed E-state index contributed by atoms with van der Waals surface area (Å²) in [7, 11) is 0. The van der Waals surface area contributed by atoms with E-state index in [4.69, 9.17) is 9.72 Å². The highest BCUT2D eigenvalue weighted by molar-refractivity contribution is 5.91. The van der Waals surface area contributed by atoms with E-state index < -0.39 is 11.8 Å². The van der Waals surface area contributed by atoms with Crippen molar-refractivity contribution >= 4 is 17.0 Å². The Kier molecular flexibility index (Phi) is 5.22. The molecular weight excluding hydrogens is 403 g/mol. The van der Waals surface area contributed by atoms with E-state index in [-0.39, 0.29) is 5.56 Å². The second kappa shape index (κ2) is 8.47. The fourth-order valence-corrected chi connectivity index (χ4v) is 3.68. The molecular formula is C27H19FN2O2. The SMILES string of the molecule is O=C(Oc1ccc(-c2nc3ccccc3n2Cc2ccccc2)cc1)c1cccc(F)c1. The summed E-state index contributed by atoms with van der Waals surface area (Å²) in [5.41, 5.74) is 4.21. The predicted molar refractivity (Wildman–Crippen MR) is 122 cm³/mol. The van der Waals surface area contributed by atoms with Crippen molar-refractivity contribution in [2.75, 3.05) is 0 Å². The molecule has 0 saturated carbocycles. The molecule has 0 radical (unpaired) electrons. The van der Waals surface area contributed by atoms with E-state index >= 15 is 0 Å². The van der Waals surface area contributed by atoms with Crippen LogP contribution in [0.3, 0.4) is 0 Å². The highest BCUT2D eigenvalue weighted by Crippen LogP contribution is 2.27. The Morgan fingerprint density at radius 2 is 1.59 bits per heavy atom. The van der Waals surface area contributed by atoms with Gasteiger partial charge in [-0.15, -0.1) is 0 Å². The molecule has 1 heterocycles. The smallest absolute Gasteiger partial charge is 0.343 e. The van der Waals surface area contributed by atoms with Crippen molar-refractivity contribution in [2.24, 2.45) is 0 Å². The molecule has 0 unspecified atom stereocenters. The third kappa shape index (κ3) is 4.01. The van der Waals surface area contributed by atoms with Crippen LogP contribution in [0.15, 0.2) is 103 Å². The van der Waals surface area contributed by atoms with Gasteiger partial charge in [0.1, 0.15) is 17.4 Å². The van der Waals surface area contributed by atoms with Gasteiger partial charge in [-0.05, 0) is 60.2 Å². The van der Waals surface area contributed by atoms with Gasteiger partial charge in [-0.2, -0.15) is 0 Å². The normalized spacial score (nSPS) is 10.9. The number of hydrogen-bond donors (Lipinski definition) is 0. The molecule has 0 aliphatic carbocycles. The highest BCUT2D eigenvalue weighted by Gasteiger charge is 2.14. The molecule has 0 fully saturated rings. The van der Waals surface area contributed by atoms with Crippen molar-refractivity contribution in [1.82, 2.24) is 9.55 Å². The first-order valence-corrected chi connectivity index (χ1v) is 10.2. The third-order valence-electron chi connectivity index (χ3n) is 5.22. The summed E-state index contributed by atoms with van der Waals surface area (Å²) in [6, 6.07) is 30.9. The Labute approximate surface area is 184 Å². The summed E-state index contributed by atoms with van der Waals surface area (Å²) in [4.78, 5) is 17.1. The largest absolute Gasteiger partial charge is 0.423 e. The molecule has 5 rings (SSSR count). The van der Waals surface area contributed by atoms with Crippen molar-refractivity contribution in [1.29, 1.82) is 0 Å². The zero-order valence-corrected chi connectivity index (χ0v) is 17.1. The third-order valence-corrected chi connectivity index (χ3v) is 5.22. The van der Waals surface area contributed by atoms with Crippen molar-refractivity contribution in [2.45, 2.75) is 6.54 Å². The maximum absolute atomic E-state index is 13.4. The molecule has 0 atom stereocenters. The minimum absolute atomic E-state index is 0.165. The van der Waals surface area contributed by atoms with Gasteiger partial charge in [-0.1, -0.05) is 48.5 Å². The van der Waals surface area contributed by atoms with Crippen LogP contribution in [0, 0.1) is 5.82 Å². The number of halogens is 1. The molecule has 0 bridgehead atoms. The maximum Gasteiger partial charge on any atom is 0.343 e. The van der Waals surface area contributed by atoms with Gasteiger partial charge in [0, 0.05) is 12.1 Å². The molecule has 0 aliphatic heterocycles. The molecule has 0 spiro atoms. The quantitative estimate of drug-likeness (QED) is 0.254. The molecule has 0 amide bonds. The van der Waals surface area contributed by atoms with Crippen LogP contribution in [0.4, 0.5) is 4.39 Å². The predicted octanol–water partition coefficient (Wildman–Crippen LogP) is 6.11. The van der Waals surface area contributed by atoms with Gasteiger partial charge >= 0.3 is 5.97 Å². The summed E-state index contributed by atoms with van der Waals surface area (Å²) >= 11 is 0. The molecule has 156 valence electrons. The number of carbonyl (C=O) groups excluding carboxylic acids is 1. The van der Waals surface area contributed by atoms with Crippen LogP contribution in [0.5, 0.6) is 5.75 Å². The Bertz CT molecular complexity index is 1390. The number of para-hydroxylation sites is 2. The van der Waals surface area contributed by atoms with E-state index in [9.17, 15) is 9.18 Å². The Hall–Kier alpha value is -4.25. The number of benzene rings is 4. The minimum Gasteiger partial charge on any atom is -0.423 e. The summed E-state index contributed by atoms with van der Waals surface area (Å²) in [6.45, 7) is 0.687. The number of hydrogen-bond acceptors (Lipinski definition) is 3. The zero-order valence-electron chi connectivity index (χ0n) is 17.1. The first kappa shape index (κ1) is 19.7. The molecule has 4 nitrogen and oxygen atoms in total. The van der Waals surface area contributed by atoms with Gasteiger partial charge in [0.15, 0.2) is 0 Å². The van der Waals surface area contributed by atoms with Crippen LogP contribution in [0.25, 0.3) is 22.4 Å². The minimum atomic E-state index is -0.603. The summed E-state index contributed by atoms with van der Waals surface area (Å²) < 4.78 is 20.9. The average molecular weight is 422 g/mol. The van der Waals surface area contributed by atoms with E-state index in [0.29, 0.717) is 12.3 Å².